The molecule has 3 aliphatic rings. The van der Waals surface area contributed by atoms with Gasteiger partial charge < -0.3 is 14.4 Å². The van der Waals surface area contributed by atoms with Crippen LogP contribution in [0.5, 0.6) is 11.5 Å². The maximum atomic E-state index is 11.5. The zero-order valence-corrected chi connectivity index (χ0v) is 17.6. The summed E-state index contributed by atoms with van der Waals surface area (Å²) in [5.74, 6) is 3.26. The van der Waals surface area contributed by atoms with Gasteiger partial charge in [-0.25, -0.2) is 8.42 Å². The van der Waals surface area contributed by atoms with E-state index in [1.165, 1.54) is 25.5 Å². The lowest BCUT2D eigenvalue weighted by molar-refractivity contribution is 0.173. The van der Waals surface area contributed by atoms with E-state index in [1.807, 2.05) is 12.1 Å². The van der Waals surface area contributed by atoms with Gasteiger partial charge >= 0.3 is 0 Å². The van der Waals surface area contributed by atoms with E-state index in [-0.39, 0.29) is 0 Å². The molecule has 0 bridgehead atoms. The summed E-state index contributed by atoms with van der Waals surface area (Å²) in [4.78, 5) is 4.97. The van der Waals surface area contributed by atoms with Gasteiger partial charge in [0.2, 0.25) is 6.79 Å². The van der Waals surface area contributed by atoms with E-state index < -0.39 is 9.84 Å². The lowest BCUT2D eigenvalue weighted by Gasteiger charge is -2.37. The van der Waals surface area contributed by atoms with Crippen molar-refractivity contribution >= 4 is 15.5 Å². The highest BCUT2D eigenvalue weighted by Gasteiger charge is 2.26. The summed E-state index contributed by atoms with van der Waals surface area (Å²) >= 11 is 0. The molecule has 7 heteroatoms. The summed E-state index contributed by atoms with van der Waals surface area (Å²) in [6.45, 7) is 5.66. The van der Waals surface area contributed by atoms with Gasteiger partial charge in [-0.2, -0.15) is 0 Å². The minimum atomic E-state index is -2.83. The summed E-state index contributed by atoms with van der Waals surface area (Å²) in [6, 6.07) is 6.13. The van der Waals surface area contributed by atoms with Crippen LogP contribution in [-0.4, -0.2) is 64.8 Å². The first-order valence-electron chi connectivity index (χ1n) is 10.5. The molecule has 28 heavy (non-hydrogen) atoms. The number of nitrogens with zero attached hydrogens (tertiary/aromatic N) is 2. The van der Waals surface area contributed by atoms with Crippen LogP contribution >= 0.6 is 0 Å². The largest absolute Gasteiger partial charge is 0.454 e. The molecule has 1 aromatic carbocycles. The highest BCUT2D eigenvalue weighted by Crippen LogP contribution is 2.41. The van der Waals surface area contributed by atoms with Crippen LogP contribution in [0.4, 0.5) is 5.69 Å². The van der Waals surface area contributed by atoms with Gasteiger partial charge in [0, 0.05) is 32.4 Å². The molecule has 0 aromatic heterocycles. The molecule has 2 fully saturated rings. The van der Waals surface area contributed by atoms with Gasteiger partial charge in [-0.3, -0.25) is 4.90 Å². The quantitative estimate of drug-likeness (QED) is 0.721. The number of hydrogen-bond donors (Lipinski definition) is 0. The Bertz CT molecular complexity index is 767. The molecule has 156 valence electrons. The Morgan fingerprint density at radius 3 is 2.43 bits per heavy atom. The summed E-state index contributed by atoms with van der Waals surface area (Å²) < 4.78 is 34.1. The van der Waals surface area contributed by atoms with Crippen LogP contribution in [0.3, 0.4) is 0 Å². The van der Waals surface area contributed by atoms with Crippen LogP contribution in [0.1, 0.15) is 32.1 Å². The average Bonchev–Trinajstić information content (AvgIpc) is 3.16. The summed E-state index contributed by atoms with van der Waals surface area (Å²) in [5, 5.41) is 0. The van der Waals surface area contributed by atoms with Crippen molar-refractivity contribution in [2.75, 3.05) is 56.4 Å². The normalized spacial score (nSPS) is 25.8. The molecule has 0 spiro atoms. The van der Waals surface area contributed by atoms with Crippen molar-refractivity contribution in [1.82, 2.24) is 4.90 Å². The zero-order chi connectivity index (χ0) is 19.6. The van der Waals surface area contributed by atoms with Gasteiger partial charge in [-0.05, 0) is 49.8 Å². The second-order valence-electron chi connectivity index (χ2n) is 8.61. The van der Waals surface area contributed by atoms with Gasteiger partial charge in [-0.15, -0.1) is 0 Å². The van der Waals surface area contributed by atoms with E-state index in [1.54, 1.807) is 0 Å². The SMILES string of the molecule is CS(=O)(=O)CC1CCC(CCN2CCN(c3cccc4c3OCO4)CC2)CC1. The predicted octanol–water partition coefficient (Wildman–Crippen LogP) is 2.78. The maximum Gasteiger partial charge on any atom is 0.231 e. The van der Waals surface area contributed by atoms with Crippen LogP contribution in [0, 0.1) is 11.8 Å². The average molecular weight is 409 g/mol. The van der Waals surface area contributed by atoms with Crippen molar-refractivity contribution in [3.63, 3.8) is 0 Å². The molecule has 1 aromatic rings. The van der Waals surface area contributed by atoms with E-state index in [0.29, 0.717) is 18.5 Å². The molecule has 2 aliphatic heterocycles. The van der Waals surface area contributed by atoms with E-state index in [2.05, 4.69) is 15.9 Å². The second-order valence-corrected chi connectivity index (χ2v) is 10.8. The van der Waals surface area contributed by atoms with E-state index in [4.69, 9.17) is 9.47 Å². The van der Waals surface area contributed by atoms with Gasteiger partial charge in [0.1, 0.15) is 9.84 Å². The number of sulfone groups is 1. The van der Waals surface area contributed by atoms with Gasteiger partial charge in [0.25, 0.3) is 0 Å². The van der Waals surface area contributed by atoms with Crippen LogP contribution in [-0.2, 0) is 9.84 Å². The molecular weight excluding hydrogens is 376 g/mol. The van der Waals surface area contributed by atoms with Crippen LogP contribution in [0.2, 0.25) is 0 Å². The van der Waals surface area contributed by atoms with Crippen molar-refractivity contribution in [1.29, 1.82) is 0 Å². The molecule has 0 radical (unpaired) electrons. The maximum absolute atomic E-state index is 11.5. The first-order valence-corrected chi connectivity index (χ1v) is 12.6. The lowest BCUT2D eigenvalue weighted by atomic mass is 9.81. The zero-order valence-electron chi connectivity index (χ0n) is 16.8. The van der Waals surface area contributed by atoms with Gasteiger partial charge in [-0.1, -0.05) is 18.9 Å². The number of hydrogen-bond acceptors (Lipinski definition) is 6. The highest BCUT2D eigenvalue weighted by molar-refractivity contribution is 7.90. The fourth-order valence-electron chi connectivity index (χ4n) is 4.86. The number of para-hydroxylation sites is 1. The number of ether oxygens (including phenoxy) is 2. The number of rotatable bonds is 6. The Morgan fingerprint density at radius 1 is 1.00 bits per heavy atom. The fourth-order valence-corrected chi connectivity index (χ4v) is 6.05. The molecule has 1 saturated carbocycles. The molecule has 2 heterocycles. The van der Waals surface area contributed by atoms with E-state index >= 15 is 0 Å². The minimum Gasteiger partial charge on any atom is -0.454 e. The number of fused-ring (bicyclic) bond motifs is 1. The molecule has 6 nitrogen and oxygen atoms in total. The summed E-state index contributed by atoms with van der Waals surface area (Å²) in [5.41, 5.74) is 1.15. The summed E-state index contributed by atoms with van der Waals surface area (Å²) in [7, 11) is -2.83. The van der Waals surface area contributed by atoms with E-state index in [0.717, 1.165) is 68.7 Å². The standard InChI is InChI=1S/C21H32N2O4S/c1-28(24,25)15-18-7-5-17(6-8-18)9-10-22-11-13-23(14-12-22)19-3-2-4-20-21(19)27-16-26-20/h2-4,17-18H,5-16H2,1H3. The van der Waals surface area contributed by atoms with Crippen molar-refractivity contribution in [3.8, 4) is 11.5 Å². The molecule has 1 saturated heterocycles. The van der Waals surface area contributed by atoms with Crippen molar-refractivity contribution in [2.24, 2.45) is 11.8 Å². The first kappa shape index (κ1) is 19.8. The number of anilines is 1. The minimum absolute atomic E-state index is 0.318. The van der Waals surface area contributed by atoms with Gasteiger partial charge in [0.15, 0.2) is 11.5 Å². The Balaban J connectivity index is 1.19. The molecule has 0 N–H and O–H groups in total. The van der Waals surface area contributed by atoms with Crippen molar-refractivity contribution < 1.29 is 17.9 Å². The number of benzene rings is 1. The molecule has 0 atom stereocenters. The topological polar surface area (TPSA) is 59.1 Å². The molecular formula is C21H32N2O4S. The van der Waals surface area contributed by atoms with Crippen LogP contribution in [0.15, 0.2) is 18.2 Å². The third kappa shape index (κ3) is 4.92. The Kier molecular flexibility index (Phi) is 6.01. The van der Waals surface area contributed by atoms with E-state index in [9.17, 15) is 8.42 Å². The Labute approximate surface area is 168 Å². The predicted molar refractivity (Wildman–Crippen MR) is 111 cm³/mol. The third-order valence-corrected chi connectivity index (χ3v) is 7.52. The van der Waals surface area contributed by atoms with Crippen molar-refractivity contribution in [2.45, 2.75) is 32.1 Å². The first-order chi connectivity index (χ1) is 13.5. The lowest BCUT2D eigenvalue weighted by Crippen LogP contribution is -2.47. The second kappa shape index (κ2) is 8.49. The fraction of sp³-hybridized carbons (Fsp3) is 0.714. The molecule has 0 unspecified atom stereocenters. The molecule has 0 amide bonds. The Morgan fingerprint density at radius 2 is 1.71 bits per heavy atom. The monoisotopic (exact) mass is 408 g/mol. The van der Waals surface area contributed by atoms with Crippen molar-refractivity contribution in [3.05, 3.63) is 18.2 Å². The smallest absolute Gasteiger partial charge is 0.231 e. The third-order valence-electron chi connectivity index (χ3n) is 6.45. The highest BCUT2D eigenvalue weighted by atomic mass is 32.2. The van der Waals surface area contributed by atoms with Gasteiger partial charge in [0.05, 0.1) is 11.4 Å². The molecule has 1 aliphatic carbocycles. The number of piperazine rings is 1. The summed E-state index contributed by atoms with van der Waals surface area (Å²) in [6.07, 6.45) is 7.13. The Hall–Kier alpha value is -1.47. The van der Waals surface area contributed by atoms with Crippen LogP contribution in [0.25, 0.3) is 0 Å². The van der Waals surface area contributed by atoms with Crippen LogP contribution < -0.4 is 14.4 Å². The molecule has 4 rings (SSSR count).